The third-order valence-corrected chi connectivity index (χ3v) is 19.6. The van der Waals surface area contributed by atoms with Gasteiger partial charge in [-0.15, -0.1) is 0 Å². The summed E-state index contributed by atoms with van der Waals surface area (Å²) in [6.45, 7) is 7.37. The van der Waals surface area contributed by atoms with E-state index in [0.717, 1.165) is 0 Å². The molecule has 16 heavy (non-hydrogen) atoms. The topological polar surface area (TPSA) is 20.2 Å². The van der Waals surface area contributed by atoms with E-state index >= 15 is 0 Å². The van der Waals surface area contributed by atoms with Crippen LogP contribution in [0.25, 0.3) is 0 Å². The summed E-state index contributed by atoms with van der Waals surface area (Å²) in [5.74, 6) is 0. The first-order valence-electron chi connectivity index (χ1n) is 7.35. The fourth-order valence-corrected chi connectivity index (χ4v) is 17.7. The molecule has 0 bridgehead atoms. The van der Waals surface area contributed by atoms with Crippen LogP contribution in [0.5, 0.6) is 0 Å². The van der Waals surface area contributed by atoms with E-state index in [2.05, 4.69) is 20.8 Å². The molecule has 98 valence electrons. The Morgan fingerprint density at radius 1 is 0.688 bits per heavy atom. The predicted octanol–water partition coefficient (Wildman–Crippen LogP) is 4.83. The fourth-order valence-electron chi connectivity index (χ4n) is 2.64. The summed E-state index contributed by atoms with van der Waals surface area (Å²) in [6.07, 6.45) is 8.27. The Labute approximate surface area is 107 Å². The molecule has 0 spiro atoms. The number of aliphatic hydroxyl groups is 1. The van der Waals surface area contributed by atoms with Crippen molar-refractivity contribution in [2.24, 2.45) is 0 Å². The molecule has 0 aromatic rings. The van der Waals surface area contributed by atoms with E-state index in [4.69, 9.17) is 0 Å². The van der Waals surface area contributed by atoms with E-state index in [1.54, 1.807) is 0 Å². The van der Waals surface area contributed by atoms with Crippen LogP contribution in [0.2, 0.25) is 17.7 Å². The van der Waals surface area contributed by atoms with Gasteiger partial charge in [-0.2, -0.15) is 0 Å². The van der Waals surface area contributed by atoms with Gasteiger partial charge in [-0.05, 0) is 0 Å². The second-order valence-corrected chi connectivity index (χ2v) is 19.6. The van der Waals surface area contributed by atoms with Crippen molar-refractivity contribution in [2.75, 3.05) is 6.61 Å². The molecule has 0 aliphatic heterocycles. The maximum atomic E-state index is 9.35. The third kappa shape index (κ3) is 7.16. The van der Waals surface area contributed by atoms with Crippen molar-refractivity contribution >= 4 is 18.4 Å². The first-order valence-corrected chi connectivity index (χ1v) is 15.4. The van der Waals surface area contributed by atoms with Crippen molar-refractivity contribution in [1.29, 1.82) is 0 Å². The van der Waals surface area contributed by atoms with Gasteiger partial charge >= 0.3 is 107 Å². The van der Waals surface area contributed by atoms with E-state index in [9.17, 15) is 5.11 Å². The zero-order valence-corrected chi connectivity index (χ0v) is 14.6. The van der Waals surface area contributed by atoms with Crippen LogP contribution < -0.4 is 0 Å². The minimum atomic E-state index is -1.91. The van der Waals surface area contributed by atoms with Crippen molar-refractivity contribution in [1.82, 2.24) is 0 Å². The molecule has 0 unspecified atom stereocenters. The first-order chi connectivity index (χ1) is 7.74. The molecule has 0 aromatic carbocycles. The van der Waals surface area contributed by atoms with Gasteiger partial charge in [0.1, 0.15) is 0 Å². The summed E-state index contributed by atoms with van der Waals surface area (Å²) < 4.78 is 5.83. The number of hydrogen-bond donors (Lipinski definition) is 1. The molecule has 1 N–H and O–H groups in total. The molecular formula is C14H32OSn. The zero-order valence-electron chi connectivity index (χ0n) is 11.7. The number of rotatable bonds is 11. The van der Waals surface area contributed by atoms with Crippen LogP contribution >= 0.6 is 0 Å². The molecule has 0 aliphatic rings. The average Bonchev–Trinajstić information content (AvgIpc) is 2.31. The van der Waals surface area contributed by atoms with Gasteiger partial charge in [0, 0.05) is 0 Å². The number of aliphatic hydroxyl groups excluding tert-OH is 1. The fraction of sp³-hybridized carbons (Fsp3) is 1.00. The summed E-state index contributed by atoms with van der Waals surface area (Å²) in [6, 6.07) is 0. The van der Waals surface area contributed by atoms with E-state index in [1.165, 1.54) is 56.3 Å². The predicted molar refractivity (Wildman–Crippen MR) is 76.8 cm³/mol. The monoisotopic (exact) mass is 336 g/mol. The van der Waals surface area contributed by atoms with Crippen LogP contribution in [0.3, 0.4) is 0 Å². The van der Waals surface area contributed by atoms with Gasteiger partial charge in [0.15, 0.2) is 0 Å². The van der Waals surface area contributed by atoms with Crippen molar-refractivity contribution in [3.8, 4) is 0 Å². The molecule has 0 fully saturated rings. The summed E-state index contributed by atoms with van der Waals surface area (Å²) >= 11 is -1.91. The molecule has 1 nitrogen and oxygen atoms in total. The quantitative estimate of drug-likeness (QED) is 0.536. The Balaban J connectivity index is 4.32. The van der Waals surface area contributed by atoms with Gasteiger partial charge in [0.25, 0.3) is 0 Å². The SMILES string of the molecule is CCC[CH2][Sn]([CH2]CO)([CH2]CCC)[CH2]CCC. The van der Waals surface area contributed by atoms with Crippen LogP contribution in [-0.2, 0) is 0 Å². The van der Waals surface area contributed by atoms with Crippen LogP contribution in [0, 0.1) is 0 Å². The Morgan fingerprint density at radius 2 is 1.06 bits per heavy atom. The van der Waals surface area contributed by atoms with Crippen LogP contribution in [-0.4, -0.2) is 30.1 Å². The molecule has 0 saturated carbocycles. The summed E-state index contributed by atoms with van der Waals surface area (Å²) in [5, 5.41) is 9.35. The van der Waals surface area contributed by atoms with Gasteiger partial charge in [0.2, 0.25) is 0 Å². The second-order valence-electron chi connectivity index (χ2n) is 5.28. The molecule has 0 aliphatic carbocycles. The molecule has 0 atom stereocenters. The molecule has 0 heterocycles. The van der Waals surface area contributed by atoms with Crippen LogP contribution in [0.15, 0.2) is 0 Å². The van der Waals surface area contributed by atoms with E-state index in [-0.39, 0.29) is 0 Å². The van der Waals surface area contributed by atoms with E-state index < -0.39 is 18.4 Å². The Morgan fingerprint density at radius 3 is 1.31 bits per heavy atom. The van der Waals surface area contributed by atoms with Crippen LogP contribution in [0.1, 0.15) is 59.3 Å². The standard InChI is InChI=1S/3C4H9.C2H5O.Sn/c3*1-3-4-2;1-2-3;/h3*1,3-4H2,2H3;3H,1-2H2;. The van der Waals surface area contributed by atoms with Crippen molar-refractivity contribution in [3.05, 3.63) is 0 Å². The molecule has 0 aromatic heterocycles. The number of unbranched alkanes of at least 4 members (excludes halogenated alkanes) is 3. The first kappa shape index (κ1) is 16.8. The number of hydrogen-bond acceptors (Lipinski definition) is 1. The minimum absolute atomic E-state index is 0.465. The van der Waals surface area contributed by atoms with Gasteiger partial charge in [-0.25, -0.2) is 0 Å². The zero-order chi connectivity index (χ0) is 12.3. The Hall–Kier alpha value is 0.759. The summed E-state index contributed by atoms with van der Waals surface area (Å²) in [5.41, 5.74) is 0. The molecule has 0 amide bonds. The van der Waals surface area contributed by atoms with Crippen molar-refractivity contribution in [3.63, 3.8) is 0 Å². The molecule has 2 heteroatoms. The normalized spacial score (nSPS) is 12.0. The van der Waals surface area contributed by atoms with Gasteiger partial charge in [-0.1, -0.05) is 0 Å². The average molecular weight is 335 g/mol. The van der Waals surface area contributed by atoms with Gasteiger partial charge in [-0.3, -0.25) is 0 Å². The van der Waals surface area contributed by atoms with Gasteiger partial charge in [0.05, 0.1) is 0 Å². The summed E-state index contributed by atoms with van der Waals surface area (Å²) in [7, 11) is 0. The molecule has 0 saturated heterocycles. The molecular weight excluding hydrogens is 303 g/mol. The Bertz CT molecular complexity index is 126. The van der Waals surface area contributed by atoms with E-state index in [0.29, 0.717) is 6.61 Å². The van der Waals surface area contributed by atoms with E-state index in [1.807, 2.05) is 0 Å². The Kier molecular flexibility index (Phi) is 11.4. The summed E-state index contributed by atoms with van der Waals surface area (Å²) in [4.78, 5) is 0. The van der Waals surface area contributed by atoms with Gasteiger partial charge < -0.3 is 0 Å². The van der Waals surface area contributed by atoms with Crippen molar-refractivity contribution in [2.45, 2.75) is 77.0 Å². The molecule has 0 radical (unpaired) electrons. The maximum absolute atomic E-state index is 9.35. The van der Waals surface area contributed by atoms with Crippen LogP contribution in [0.4, 0.5) is 0 Å². The van der Waals surface area contributed by atoms with Crippen molar-refractivity contribution < 1.29 is 5.11 Å². The molecule has 0 rings (SSSR count). The second kappa shape index (κ2) is 10.9. The third-order valence-electron chi connectivity index (χ3n) is 3.82.